The molecule has 1 aliphatic carbocycles. The molecule has 0 radical (unpaired) electrons. The molecule has 3 aromatic rings. The van der Waals surface area contributed by atoms with Crippen molar-refractivity contribution in [2.45, 2.75) is 18.9 Å². The summed E-state index contributed by atoms with van der Waals surface area (Å²) >= 11 is 0.914. The second-order valence-corrected chi connectivity index (χ2v) is 9.62. The van der Waals surface area contributed by atoms with Gasteiger partial charge in [0.05, 0.1) is 5.88 Å². The number of halogens is 5. The zero-order valence-electron chi connectivity index (χ0n) is 20.7. The first kappa shape index (κ1) is 28.9. The second kappa shape index (κ2) is 12.4. The quantitative estimate of drug-likeness (QED) is 0.0703. The Hall–Kier alpha value is -4.13. The third kappa shape index (κ3) is 6.03. The molecule has 7 nitrogen and oxygen atoms in total. The van der Waals surface area contributed by atoms with E-state index in [2.05, 4.69) is 15.4 Å². The number of hydrogen-bond acceptors (Lipinski definition) is 6. The topological polar surface area (TPSA) is 93.7 Å². The highest BCUT2D eigenvalue weighted by Crippen LogP contribution is 2.44. The van der Waals surface area contributed by atoms with Gasteiger partial charge in [0.15, 0.2) is 0 Å². The number of fused-ring (bicyclic) bond motifs is 3. The maximum absolute atomic E-state index is 14.1. The molecular formula is C27H21F5N2O5S. The molecule has 0 saturated heterocycles. The Balaban J connectivity index is 1.48. The van der Waals surface area contributed by atoms with Crippen molar-refractivity contribution >= 4 is 29.7 Å². The van der Waals surface area contributed by atoms with Crippen LogP contribution in [0.3, 0.4) is 0 Å². The van der Waals surface area contributed by atoms with Crippen LogP contribution in [0.25, 0.3) is 11.1 Å². The number of hydrogen-bond donors (Lipinski definition) is 2. The van der Waals surface area contributed by atoms with Crippen LogP contribution in [0.5, 0.6) is 5.75 Å². The van der Waals surface area contributed by atoms with Crippen molar-refractivity contribution in [3.63, 3.8) is 0 Å². The summed E-state index contributed by atoms with van der Waals surface area (Å²) in [6, 6.07) is 13.5. The molecule has 3 aromatic carbocycles. The number of esters is 1. The number of nitrogens with one attached hydrogen (secondary N) is 2. The molecule has 40 heavy (non-hydrogen) atoms. The average Bonchev–Trinajstić information content (AvgIpc) is 3.27. The summed E-state index contributed by atoms with van der Waals surface area (Å²) in [5.41, 5.74) is 3.80. The van der Waals surface area contributed by atoms with E-state index in [1.54, 1.807) is 0 Å². The fourth-order valence-corrected chi connectivity index (χ4v) is 5.00. The number of ether oxygens (including phenoxy) is 2. The van der Waals surface area contributed by atoms with Crippen LogP contribution in [-0.2, 0) is 14.3 Å². The van der Waals surface area contributed by atoms with Crippen molar-refractivity contribution in [1.82, 2.24) is 10.6 Å². The third-order valence-electron chi connectivity index (χ3n) is 6.00. The van der Waals surface area contributed by atoms with E-state index in [9.17, 15) is 36.3 Å². The lowest BCUT2D eigenvalue weighted by molar-refractivity contribution is -0.136. The normalized spacial score (nSPS) is 12.8. The Morgan fingerprint density at radius 2 is 1.38 bits per heavy atom. The summed E-state index contributed by atoms with van der Waals surface area (Å²) in [7, 11) is 0. The van der Waals surface area contributed by atoms with Crippen LogP contribution >= 0.6 is 11.8 Å². The van der Waals surface area contributed by atoms with Gasteiger partial charge in [-0.05, 0) is 22.3 Å². The van der Waals surface area contributed by atoms with Crippen LogP contribution in [0.4, 0.5) is 26.7 Å². The molecule has 210 valence electrons. The van der Waals surface area contributed by atoms with Crippen molar-refractivity contribution in [1.29, 1.82) is 0 Å². The monoisotopic (exact) mass is 580 g/mol. The van der Waals surface area contributed by atoms with E-state index in [4.69, 9.17) is 4.74 Å². The zero-order valence-corrected chi connectivity index (χ0v) is 21.6. The van der Waals surface area contributed by atoms with Crippen LogP contribution in [-0.4, -0.2) is 42.2 Å². The molecular weight excluding hydrogens is 559 g/mol. The van der Waals surface area contributed by atoms with E-state index in [0.717, 1.165) is 34.0 Å². The first-order valence-corrected chi connectivity index (χ1v) is 12.9. The minimum Gasteiger partial charge on any atom is -0.449 e. The van der Waals surface area contributed by atoms with Crippen LogP contribution in [0.2, 0.25) is 0 Å². The number of benzene rings is 3. The van der Waals surface area contributed by atoms with Gasteiger partial charge < -0.3 is 20.1 Å². The van der Waals surface area contributed by atoms with Crippen molar-refractivity contribution in [3.8, 4) is 16.9 Å². The molecule has 0 saturated carbocycles. The second-order valence-electron chi connectivity index (χ2n) is 8.59. The van der Waals surface area contributed by atoms with Crippen LogP contribution < -0.4 is 15.4 Å². The summed E-state index contributed by atoms with van der Waals surface area (Å²) in [4.78, 5) is 36.5. The zero-order chi connectivity index (χ0) is 29.0. The highest BCUT2D eigenvalue weighted by atomic mass is 32.2. The minimum atomic E-state index is -2.42. The molecule has 0 aromatic heterocycles. The molecule has 0 aliphatic heterocycles. The fourth-order valence-electron chi connectivity index (χ4n) is 4.13. The lowest BCUT2D eigenvalue weighted by atomic mass is 9.98. The number of amides is 2. The highest BCUT2D eigenvalue weighted by molar-refractivity contribution is 7.99. The summed E-state index contributed by atoms with van der Waals surface area (Å²) in [6.45, 7) is 1.11. The number of thioether (sulfide) groups is 1. The Morgan fingerprint density at radius 3 is 1.93 bits per heavy atom. The molecule has 0 heterocycles. The van der Waals surface area contributed by atoms with Gasteiger partial charge in [-0.3, -0.25) is 4.79 Å². The van der Waals surface area contributed by atoms with Gasteiger partial charge in [-0.1, -0.05) is 48.5 Å². The Labute approximate surface area is 229 Å². The lowest BCUT2D eigenvalue weighted by Gasteiger charge is -2.19. The fraction of sp³-hybridized carbons (Fsp3) is 0.222. The summed E-state index contributed by atoms with van der Waals surface area (Å²) in [5.74, 6) is -16.1. The van der Waals surface area contributed by atoms with Gasteiger partial charge in [0.25, 0.3) is 0 Å². The molecule has 1 aliphatic rings. The number of carbonyl (C=O) groups excluding carboxylic acids is 3. The lowest BCUT2D eigenvalue weighted by Crippen LogP contribution is -2.45. The van der Waals surface area contributed by atoms with E-state index in [-0.39, 0.29) is 24.2 Å². The molecule has 0 unspecified atom stereocenters. The Kier molecular flexibility index (Phi) is 8.93. The van der Waals surface area contributed by atoms with E-state index >= 15 is 0 Å². The SMILES string of the molecule is CC(=O)NCSC[C@@H](NC(=O)OCC1c2ccccc2-c2ccccc21)C(=O)Oc1c(F)c(F)c(F)c(F)c1F. The Bertz CT molecular complexity index is 1400. The number of alkyl carbamates (subject to hydrolysis) is 1. The standard InChI is InChI=1S/C27H21F5N2O5S/c1-13(35)33-12-40-11-19(26(36)39-25-23(31)21(29)20(28)22(30)24(25)32)34-27(37)38-10-18-16-8-4-2-6-14(16)15-7-3-5-9-17(15)18/h2-9,18-19H,10-12H2,1H3,(H,33,35)(H,34,37)/t19-/m1/s1. The largest absolute Gasteiger partial charge is 0.449 e. The van der Waals surface area contributed by atoms with Crippen LogP contribution in [0.15, 0.2) is 48.5 Å². The van der Waals surface area contributed by atoms with E-state index < -0.39 is 58.8 Å². The van der Waals surface area contributed by atoms with Gasteiger partial charge in [0, 0.05) is 18.6 Å². The molecule has 2 amide bonds. The van der Waals surface area contributed by atoms with Crippen molar-refractivity contribution in [3.05, 3.63) is 88.7 Å². The molecule has 4 rings (SSSR count). The van der Waals surface area contributed by atoms with E-state index in [1.807, 2.05) is 48.5 Å². The number of rotatable bonds is 9. The van der Waals surface area contributed by atoms with Gasteiger partial charge in [-0.25, -0.2) is 22.8 Å². The average molecular weight is 581 g/mol. The van der Waals surface area contributed by atoms with Crippen molar-refractivity contribution < 1.29 is 45.8 Å². The maximum Gasteiger partial charge on any atom is 0.407 e. The van der Waals surface area contributed by atoms with Gasteiger partial charge in [0.1, 0.15) is 12.6 Å². The van der Waals surface area contributed by atoms with E-state index in [0.29, 0.717) is 0 Å². The molecule has 2 N–H and O–H groups in total. The highest BCUT2D eigenvalue weighted by Gasteiger charge is 2.33. The first-order chi connectivity index (χ1) is 19.1. The smallest absolute Gasteiger partial charge is 0.407 e. The van der Waals surface area contributed by atoms with Gasteiger partial charge in [-0.2, -0.15) is 8.78 Å². The van der Waals surface area contributed by atoms with Crippen molar-refractivity contribution in [2.75, 3.05) is 18.2 Å². The Morgan fingerprint density at radius 1 is 0.850 bits per heavy atom. The molecule has 0 spiro atoms. The summed E-state index contributed by atoms with van der Waals surface area (Å²) < 4.78 is 78.5. The minimum absolute atomic E-state index is 0.0198. The van der Waals surface area contributed by atoms with Crippen LogP contribution in [0.1, 0.15) is 24.0 Å². The maximum atomic E-state index is 14.1. The van der Waals surface area contributed by atoms with Gasteiger partial charge in [0.2, 0.25) is 40.7 Å². The van der Waals surface area contributed by atoms with Gasteiger partial charge in [-0.15, -0.1) is 11.8 Å². The van der Waals surface area contributed by atoms with Crippen LogP contribution in [0, 0.1) is 29.1 Å². The molecule has 1 atom stereocenters. The predicted octanol–water partition coefficient (Wildman–Crippen LogP) is 5.02. The predicted molar refractivity (Wildman–Crippen MR) is 135 cm³/mol. The van der Waals surface area contributed by atoms with E-state index in [1.165, 1.54) is 6.92 Å². The summed E-state index contributed by atoms with van der Waals surface area (Å²) in [5, 5.41) is 4.63. The first-order valence-electron chi connectivity index (χ1n) is 11.8. The van der Waals surface area contributed by atoms with Crippen molar-refractivity contribution in [2.24, 2.45) is 0 Å². The summed E-state index contributed by atoms with van der Waals surface area (Å²) in [6.07, 6.45) is -1.10. The third-order valence-corrected chi connectivity index (χ3v) is 6.92. The molecule has 0 bridgehead atoms. The number of carbonyl (C=O) groups is 3. The van der Waals surface area contributed by atoms with Gasteiger partial charge >= 0.3 is 12.1 Å². The molecule has 0 fully saturated rings. The molecule has 13 heteroatoms.